The summed E-state index contributed by atoms with van der Waals surface area (Å²) in [4.78, 5) is 29.9. The third-order valence-corrected chi connectivity index (χ3v) is 5.17. The van der Waals surface area contributed by atoms with E-state index in [1.807, 2.05) is 6.20 Å². The quantitative estimate of drug-likeness (QED) is 0.872. The maximum Gasteiger partial charge on any atom is 0.309 e. The van der Waals surface area contributed by atoms with Crippen LogP contribution >= 0.6 is 0 Å². The molecular weight excluding hydrogens is 294 g/mol. The van der Waals surface area contributed by atoms with Crippen molar-refractivity contribution in [2.45, 2.75) is 44.7 Å². The summed E-state index contributed by atoms with van der Waals surface area (Å²) in [6.07, 6.45) is 4.37. The molecule has 1 amide bonds. The number of piperidine rings is 1. The minimum atomic E-state index is -0.867. The van der Waals surface area contributed by atoms with Crippen molar-refractivity contribution in [3.63, 3.8) is 0 Å². The molecule has 0 saturated carbocycles. The molecule has 0 radical (unpaired) electrons. The lowest BCUT2D eigenvalue weighted by molar-refractivity contribution is -0.144. The lowest BCUT2D eigenvalue weighted by Crippen LogP contribution is -2.55. The van der Waals surface area contributed by atoms with Crippen molar-refractivity contribution < 1.29 is 14.7 Å². The Labute approximate surface area is 135 Å². The number of carboxylic acid groups (broad SMARTS) is 1. The number of amides is 1. The van der Waals surface area contributed by atoms with E-state index in [1.54, 1.807) is 0 Å². The number of nitrogens with zero attached hydrogens (tertiary/aromatic N) is 2. The number of likely N-dealkylation sites (tertiary alicyclic amines) is 1. The van der Waals surface area contributed by atoms with Crippen LogP contribution in [0, 0.1) is 5.92 Å². The molecule has 2 N–H and O–H groups in total. The summed E-state index contributed by atoms with van der Waals surface area (Å²) in [5.74, 6) is -1.60. The molecule has 1 unspecified atom stereocenters. The van der Waals surface area contributed by atoms with E-state index in [2.05, 4.69) is 34.3 Å². The molecule has 0 aromatic carbocycles. The Morgan fingerprint density at radius 3 is 2.74 bits per heavy atom. The highest BCUT2D eigenvalue weighted by Crippen LogP contribution is 2.37. The molecular formula is C17H23N3O3. The zero-order valence-corrected chi connectivity index (χ0v) is 13.4. The number of rotatable bonds is 4. The first-order valence-electron chi connectivity index (χ1n) is 8.22. The fourth-order valence-electron chi connectivity index (χ4n) is 3.69. The lowest BCUT2D eigenvalue weighted by atomic mass is 9.77. The second-order valence-corrected chi connectivity index (χ2v) is 6.59. The summed E-state index contributed by atoms with van der Waals surface area (Å²) >= 11 is 0. The molecule has 23 heavy (non-hydrogen) atoms. The largest absolute Gasteiger partial charge is 0.481 e. The highest BCUT2D eigenvalue weighted by atomic mass is 16.4. The van der Waals surface area contributed by atoms with E-state index in [0.717, 1.165) is 31.7 Å². The first kappa shape index (κ1) is 15.9. The van der Waals surface area contributed by atoms with Crippen molar-refractivity contribution >= 4 is 11.9 Å². The summed E-state index contributed by atoms with van der Waals surface area (Å²) in [6.45, 7) is 4.43. The van der Waals surface area contributed by atoms with E-state index in [9.17, 15) is 14.7 Å². The van der Waals surface area contributed by atoms with Crippen LogP contribution in [0.5, 0.6) is 0 Å². The smallest absolute Gasteiger partial charge is 0.309 e. The van der Waals surface area contributed by atoms with Gasteiger partial charge in [0.15, 0.2) is 0 Å². The molecule has 0 bridgehead atoms. The molecule has 2 saturated heterocycles. The van der Waals surface area contributed by atoms with Gasteiger partial charge in [0.05, 0.1) is 17.2 Å². The lowest BCUT2D eigenvalue weighted by Gasteiger charge is -2.41. The van der Waals surface area contributed by atoms with Crippen LogP contribution in [0.4, 0.5) is 0 Å². The Kier molecular flexibility index (Phi) is 4.35. The molecule has 3 heterocycles. The average Bonchev–Trinajstić information content (AvgIpc) is 2.87. The molecule has 6 nitrogen and oxygen atoms in total. The van der Waals surface area contributed by atoms with Gasteiger partial charge in [-0.3, -0.25) is 19.5 Å². The second kappa shape index (κ2) is 6.28. The van der Waals surface area contributed by atoms with Crippen molar-refractivity contribution in [3.05, 3.63) is 29.6 Å². The third-order valence-electron chi connectivity index (χ3n) is 5.17. The van der Waals surface area contributed by atoms with Gasteiger partial charge in [-0.15, -0.1) is 0 Å². The number of aliphatic carboxylic acids is 1. The number of aromatic nitrogens is 1. The monoisotopic (exact) mass is 317 g/mol. The highest BCUT2D eigenvalue weighted by Gasteiger charge is 2.51. The van der Waals surface area contributed by atoms with Crippen LogP contribution in [0.1, 0.15) is 37.4 Å². The number of hydrogen-bond donors (Lipinski definition) is 2. The van der Waals surface area contributed by atoms with E-state index >= 15 is 0 Å². The Bertz CT molecular complexity index is 592. The zero-order chi connectivity index (χ0) is 16.4. The van der Waals surface area contributed by atoms with Gasteiger partial charge >= 0.3 is 5.97 Å². The van der Waals surface area contributed by atoms with Crippen molar-refractivity contribution in [2.75, 3.05) is 13.1 Å². The molecule has 6 heteroatoms. The molecule has 1 atom stereocenters. The van der Waals surface area contributed by atoms with Crippen molar-refractivity contribution in [1.29, 1.82) is 0 Å². The number of carbonyl (C=O) groups excluding carboxylic acids is 1. The predicted octanol–water partition coefficient (Wildman–Crippen LogP) is 1.20. The highest BCUT2D eigenvalue weighted by molar-refractivity contribution is 5.88. The second-order valence-electron chi connectivity index (χ2n) is 6.59. The van der Waals surface area contributed by atoms with Crippen molar-refractivity contribution in [3.8, 4) is 0 Å². The molecule has 1 aromatic heterocycles. The summed E-state index contributed by atoms with van der Waals surface area (Å²) in [5.41, 5.74) is 1.70. The van der Waals surface area contributed by atoms with Crippen LogP contribution in [0.2, 0.25) is 0 Å². The van der Waals surface area contributed by atoms with Crippen LogP contribution < -0.4 is 5.32 Å². The molecule has 1 spiro atoms. The van der Waals surface area contributed by atoms with Gasteiger partial charge in [-0.05, 0) is 30.9 Å². The number of nitrogens with one attached hydrogen (secondary N) is 1. The SMILES string of the molecule is CCc1ccc(CN2CCC3(CC2)NC(=O)CC3C(=O)O)nc1. The van der Waals surface area contributed by atoms with Crippen LogP contribution in [0.25, 0.3) is 0 Å². The van der Waals surface area contributed by atoms with Gasteiger partial charge < -0.3 is 10.4 Å². The third kappa shape index (κ3) is 3.22. The van der Waals surface area contributed by atoms with Crippen LogP contribution in [-0.4, -0.2) is 45.5 Å². The van der Waals surface area contributed by atoms with Crippen molar-refractivity contribution in [1.82, 2.24) is 15.2 Å². The number of pyridine rings is 1. The fourth-order valence-corrected chi connectivity index (χ4v) is 3.69. The molecule has 2 aliphatic heterocycles. The van der Waals surface area contributed by atoms with E-state index in [0.29, 0.717) is 12.8 Å². The van der Waals surface area contributed by atoms with Gasteiger partial charge in [-0.2, -0.15) is 0 Å². The van der Waals surface area contributed by atoms with Crippen LogP contribution in [0.15, 0.2) is 18.3 Å². The fraction of sp³-hybridized carbons (Fsp3) is 0.588. The van der Waals surface area contributed by atoms with E-state index in [1.165, 1.54) is 5.56 Å². The predicted molar refractivity (Wildman–Crippen MR) is 84.7 cm³/mol. The molecule has 0 aliphatic carbocycles. The Balaban J connectivity index is 1.61. The van der Waals surface area contributed by atoms with Gasteiger partial charge in [-0.1, -0.05) is 13.0 Å². The molecule has 1 aromatic rings. The van der Waals surface area contributed by atoms with Gasteiger partial charge in [-0.25, -0.2) is 0 Å². The topological polar surface area (TPSA) is 82.5 Å². The minimum Gasteiger partial charge on any atom is -0.481 e. The van der Waals surface area contributed by atoms with Crippen LogP contribution in [0.3, 0.4) is 0 Å². The Hall–Kier alpha value is -1.95. The average molecular weight is 317 g/mol. The van der Waals surface area contributed by atoms with Crippen LogP contribution in [-0.2, 0) is 22.6 Å². The first-order valence-corrected chi connectivity index (χ1v) is 8.22. The number of carbonyl (C=O) groups is 2. The maximum absolute atomic E-state index is 11.7. The van der Waals surface area contributed by atoms with Gasteiger partial charge in [0.25, 0.3) is 0 Å². The van der Waals surface area contributed by atoms with Crippen molar-refractivity contribution in [2.24, 2.45) is 5.92 Å². The number of carboxylic acids is 1. The maximum atomic E-state index is 11.7. The number of hydrogen-bond acceptors (Lipinski definition) is 4. The summed E-state index contributed by atoms with van der Waals surface area (Å²) in [7, 11) is 0. The molecule has 3 rings (SSSR count). The summed E-state index contributed by atoms with van der Waals surface area (Å²) in [5, 5.41) is 12.3. The molecule has 2 aliphatic rings. The van der Waals surface area contributed by atoms with Gasteiger partial charge in [0.1, 0.15) is 0 Å². The molecule has 2 fully saturated rings. The summed E-state index contributed by atoms with van der Waals surface area (Å²) < 4.78 is 0. The summed E-state index contributed by atoms with van der Waals surface area (Å²) in [6, 6.07) is 4.16. The van der Waals surface area contributed by atoms with E-state index < -0.39 is 17.4 Å². The first-order chi connectivity index (χ1) is 11.0. The Morgan fingerprint density at radius 1 is 1.43 bits per heavy atom. The Morgan fingerprint density at radius 2 is 2.17 bits per heavy atom. The minimum absolute atomic E-state index is 0.107. The zero-order valence-electron chi connectivity index (χ0n) is 13.4. The molecule has 124 valence electrons. The standard InChI is InChI=1S/C17H23N3O3/c1-2-12-3-4-13(18-10-12)11-20-7-5-17(6-8-20)14(16(22)23)9-15(21)19-17/h3-4,10,14H,2,5-9,11H2,1H3,(H,19,21)(H,22,23). The van der Waals surface area contributed by atoms with Gasteiger partial charge in [0, 0.05) is 32.3 Å². The number of aryl methyl sites for hydroxylation is 1. The van der Waals surface area contributed by atoms with E-state index in [-0.39, 0.29) is 12.3 Å². The normalized spacial score (nSPS) is 23.9. The van der Waals surface area contributed by atoms with E-state index in [4.69, 9.17) is 0 Å². The van der Waals surface area contributed by atoms with Gasteiger partial charge in [0.2, 0.25) is 5.91 Å².